The zero-order valence-electron chi connectivity index (χ0n) is 26.4. The highest BCUT2D eigenvalue weighted by atomic mass is 79.9. The zero-order chi connectivity index (χ0) is 34.2. The third kappa shape index (κ3) is 8.00. The zero-order valence-corrected chi connectivity index (χ0v) is 29.6. The molecule has 4 aromatic carbocycles. The first-order valence-electron chi connectivity index (χ1n) is 14.9. The van der Waals surface area contributed by atoms with Gasteiger partial charge < -0.3 is 23.7 Å². The third-order valence-electron chi connectivity index (χ3n) is 7.15. The summed E-state index contributed by atoms with van der Waals surface area (Å²) >= 11 is 7.09. The van der Waals surface area contributed by atoms with Crippen molar-refractivity contribution in [3.63, 3.8) is 0 Å². The number of barbiturate groups is 1. The molecule has 1 fully saturated rings. The fourth-order valence-electron chi connectivity index (χ4n) is 4.80. The highest BCUT2D eigenvalue weighted by Crippen LogP contribution is 2.38. The minimum Gasteiger partial charge on any atom is -0.493 e. The summed E-state index contributed by atoms with van der Waals surface area (Å²) in [7, 11) is 3.04. The number of amides is 4. The molecule has 4 aromatic rings. The molecule has 4 amide bonds. The SMILES string of the molecule is CCCOc1ccc(N2C(=O)NC(=O)/C(=C/c3cc(Br)c(OCc4ccc(OCc5ccccc5)c(OC)c4)c(Br)c3)C2=O)cc1OC. The van der Waals surface area contributed by atoms with E-state index in [1.54, 1.807) is 31.4 Å². The molecule has 0 aromatic heterocycles. The van der Waals surface area contributed by atoms with Crippen LogP contribution >= 0.6 is 31.9 Å². The topological polar surface area (TPSA) is 113 Å². The van der Waals surface area contributed by atoms with Gasteiger partial charge in [-0.3, -0.25) is 14.9 Å². The van der Waals surface area contributed by atoms with E-state index < -0.39 is 17.8 Å². The van der Waals surface area contributed by atoms with Gasteiger partial charge in [0, 0.05) is 6.07 Å². The number of methoxy groups -OCH3 is 2. The summed E-state index contributed by atoms with van der Waals surface area (Å²) < 4.78 is 29.9. The van der Waals surface area contributed by atoms with Gasteiger partial charge in [0.1, 0.15) is 24.5 Å². The van der Waals surface area contributed by atoms with E-state index in [0.717, 1.165) is 22.4 Å². The summed E-state index contributed by atoms with van der Waals surface area (Å²) in [6.07, 6.45) is 2.20. The van der Waals surface area contributed by atoms with Crippen molar-refractivity contribution in [3.8, 4) is 28.7 Å². The standard InChI is InChI=1S/C36H32Br2N2O8/c1-4-14-46-29-13-11-25(19-32(29)45-3)40-35(42)26(34(41)39-36(40)43)15-24-16-27(37)33(28(38)17-24)48-21-23-10-12-30(31(18-23)44-2)47-20-22-8-6-5-7-9-22/h5-13,15-19H,4,14,20-21H2,1-3H3,(H,39,41,43)/b26-15-. The largest absolute Gasteiger partial charge is 0.493 e. The summed E-state index contributed by atoms with van der Waals surface area (Å²) in [6.45, 7) is 3.08. The molecule has 1 N–H and O–H groups in total. The molecule has 5 rings (SSSR count). The Kier molecular flexibility index (Phi) is 11.4. The maximum atomic E-state index is 13.5. The Hall–Kier alpha value is -4.81. The summed E-state index contributed by atoms with van der Waals surface area (Å²) in [6, 6.07) is 22.7. The molecule has 1 heterocycles. The normalized spacial score (nSPS) is 13.7. The summed E-state index contributed by atoms with van der Waals surface area (Å²) in [4.78, 5) is 40.0. The number of ether oxygens (including phenoxy) is 5. The van der Waals surface area contributed by atoms with E-state index in [4.69, 9.17) is 23.7 Å². The molecule has 0 bridgehead atoms. The molecule has 1 aliphatic rings. The second-order valence-electron chi connectivity index (χ2n) is 10.5. The van der Waals surface area contributed by atoms with E-state index in [0.29, 0.717) is 56.5 Å². The Morgan fingerprint density at radius 2 is 1.38 bits per heavy atom. The van der Waals surface area contributed by atoms with Crippen molar-refractivity contribution >= 4 is 61.5 Å². The summed E-state index contributed by atoms with van der Waals surface area (Å²) in [5, 5.41) is 2.24. The van der Waals surface area contributed by atoms with Crippen molar-refractivity contribution in [1.82, 2.24) is 5.32 Å². The molecular weight excluding hydrogens is 748 g/mol. The van der Waals surface area contributed by atoms with Gasteiger partial charge in [0.25, 0.3) is 11.8 Å². The maximum absolute atomic E-state index is 13.5. The van der Waals surface area contributed by atoms with Gasteiger partial charge >= 0.3 is 6.03 Å². The Balaban J connectivity index is 1.31. The average Bonchev–Trinajstić information content (AvgIpc) is 3.08. The van der Waals surface area contributed by atoms with E-state index in [2.05, 4.69) is 37.2 Å². The predicted molar refractivity (Wildman–Crippen MR) is 188 cm³/mol. The number of hydrogen-bond donors (Lipinski definition) is 1. The molecule has 1 saturated heterocycles. The average molecular weight is 780 g/mol. The van der Waals surface area contributed by atoms with E-state index in [1.165, 1.54) is 19.3 Å². The quantitative estimate of drug-likeness (QED) is 0.108. The number of carbonyl (C=O) groups is 3. The molecule has 10 nitrogen and oxygen atoms in total. The molecule has 1 aliphatic heterocycles. The van der Waals surface area contributed by atoms with Crippen LogP contribution in [0.4, 0.5) is 10.5 Å². The van der Waals surface area contributed by atoms with Crippen LogP contribution < -0.4 is 33.9 Å². The van der Waals surface area contributed by atoms with Crippen LogP contribution in [-0.2, 0) is 22.8 Å². The summed E-state index contributed by atoms with van der Waals surface area (Å²) in [5.41, 5.74) is 2.39. The predicted octanol–water partition coefficient (Wildman–Crippen LogP) is 7.84. The van der Waals surface area contributed by atoms with Crippen molar-refractivity contribution in [2.24, 2.45) is 0 Å². The number of hydrogen-bond acceptors (Lipinski definition) is 8. The van der Waals surface area contributed by atoms with Crippen molar-refractivity contribution < 1.29 is 38.1 Å². The van der Waals surface area contributed by atoms with E-state index in [9.17, 15) is 14.4 Å². The monoisotopic (exact) mass is 778 g/mol. The molecule has 12 heteroatoms. The molecule has 0 aliphatic carbocycles. The van der Waals surface area contributed by atoms with Gasteiger partial charge in [-0.2, -0.15) is 0 Å². The molecule has 0 unspecified atom stereocenters. The number of nitrogens with zero attached hydrogens (tertiary/aromatic N) is 1. The number of urea groups is 1. The Labute approximate surface area is 294 Å². The van der Waals surface area contributed by atoms with Gasteiger partial charge in [-0.1, -0.05) is 43.3 Å². The second kappa shape index (κ2) is 15.9. The first-order chi connectivity index (χ1) is 23.2. The first-order valence-corrected chi connectivity index (χ1v) is 16.5. The molecule has 48 heavy (non-hydrogen) atoms. The Bertz CT molecular complexity index is 1840. The van der Waals surface area contributed by atoms with Crippen molar-refractivity contribution in [2.45, 2.75) is 26.6 Å². The van der Waals surface area contributed by atoms with Gasteiger partial charge in [-0.25, -0.2) is 9.69 Å². The first kappa shape index (κ1) is 34.5. The van der Waals surface area contributed by atoms with E-state index in [-0.39, 0.29) is 17.9 Å². The van der Waals surface area contributed by atoms with Gasteiger partial charge in [0.05, 0.1) is 35.5 Å². The highest BCUT2D eigenvalue weighted by Gasteiger charge is 2.37. The van der Waals surface area contributed by atoms with Crippen LogP contribution in [-0.4, -0.2) is 38.7 Å². The number of carbonyl (C=O) groups excluding carboxylic acids is 3. The lowest BCUT2D eigenvalue weighted by Crippen LogP contribution is -2.54. The lowest BCUT2D eigenvalue weighted by atomic mass is 10.1. The molecule has 0 atom stereocenters. The number of nitrogens with one attached hydrogen (secondary N) is 1. The molecule has 0 radical (unpaired) electrons. The van der Waals surface area contributed by atoms with E-state index >= 15 is 0 Å². The van der Waals surface area contributed by atoms with Crippen LogP contribution in [0.1, 0.15) is 30.0 Å². The van der Waals surface area contributed by atoms with Gasteiger partial charge in [-0.15, -0.1) is 0 Å². The number of imide groups is 2. The van der Waals surface area contributed by atoms with Gasteiger partial charge in [0.15, 0.2) is 23.0 Å². The lowest BCUT2D eigenvalue weighted by Gasteiger charge is -2.27. The van der Waals surface area contributed by atoms with Crippen molar-refractivity contribution in [2.75, 3.05) is 25.7 Å². The van der Waals surface area contributed by atoms with Crippen molar-refractivity contribution in [3.05, 3.63) is 110 Å². The fraction of sp³-hybridized carbons (Fsp3) is 0.194. The minimum atomic E-state index is -0.870. The Morgan fingerprint density at radius 3 is 2.06 bits per heavy atom. The number of halogens is 2. The van der Waals surface area contributed by atoms with Crippen LogP contribution in [0, 0.1) is 0 Å². The number of anilines is 1. The lowest BCUT2D eigenvalue weighted by molar-refractivity contribution is -0.122. The highest BCUT2D eigenvalue weighted by molar-refractivity contribution is 9.11. The second-order valence-corrected chi connectivity index (χ2v) is 12.2. The Morgan fingerprint density at radius 1 is 0.729 bits per heavy atom. The number of benzene rings is 4. The van der Waals surface area contributed by atoms with Crippen LogP contribution in [0.5, 0.6) is 28.7 Å². The van der Waals surface area contributed by atoms with Crippen LogP contribution in [0.3, 0.4) is 0 Å². The summed E-state index contributed by atoms with van der Waals surface area (Å²) in [5.74, 6) is 0.922. The third-order valence-corrected chi connectivity index (χ3v) is 8.33. The van der Waals surface area contributed by atoms with Gasteiger partial charge in [-0.05, 0) is 97.4 Å². The van der Waals surface area contributed by atoms with E-state index in [1.807, 2.05) is 55.5 Å². The molecular formula is C36H32Br2N2O8. The maximum Gasteiger partial charge on any atom is 0.335 e. The fourth-order valence-corrected chi connectivity index (χ4v) is 6.25. The van der Waals surface area contributed by atoms with Crippen LogP contribution in [0.2, 0.25) is 0 Å². The molecule has 0 spiro atoms. The smallest absolute Gasteiger partial charge is 0.335 e. The van der Waals surface area contributed by atoms with Crippen LogP contribution in [0.15, 0.2) is 93.4 Å². The van der Waals surface area contributed by atoms with Gasteiger partial charge in [0.2, 0.25) is 0 Å². The minimum absolute atomic E-state index is 0.218. The van der Waals surface area contributed by atoms with Crippen molar-refractivity contribution in [1.29, 1.82) is 0 Å². The molecule has 0 saturated carbocycles. The van der Waals surface area contributed by atoms with Crippen LogP contribution in [0.25, 0.3) is 6.08 Å². The molecule has 248 valence electrons. The number of rotatable bonds is 13.